The second kappa shape index (κ2) is 7.14. The van der Waals surface area contributed by atoms with Gasteiger partial charge in [0.2, 0.25) is 0 Å². The summed E-state index contributed by atoms with van der Waals surface area (Å²) in [4.78, 5) is 2.53. The van der Waals surface area contributed by atoms with Crippen LogP contribution in [0.4, 0.5) is 0 Å². The van der Waals surface area contributed by atoms with E-state index in [-0.39, 0.29) is 0 Å². The number of piperidine rings is 1. The van der Waals surface area contributed by atoms with Crippen molar-refractivity contribution in [1.29, 1.82) is 0 Å². The molecular weight excluding hydrogens is 264 g/mol. The number of nitrogens with zero attached hydrogens (tertiary/aromatic N) is 1. The van der Waals surface area contributed by atoms with E-state index in [1.807, 2.05) is 12.1 Å². The maximum absolute atomic E-state index is 6.02. The zero-order valence-corrected chi connectivity index (χ0v) is 13.6. The van der Waals surface area contributed by atoms with Gasteiger partial charge in [-0.1, -0.05) is 13.0 Å². The van der Waals surface area contributed by atoms with Crippen molar-refractivity contribution in [2.45, 2.75) is 38.8 Å². The SMILES string of the molecule is COc1ccc(C(C)N2CCCC(C)C2CN)c(OC)c1. The van der Waals surface area contributed by atoms with Gasteiger partial charge in [0.05, 0.1) is 14.2 Å². The van der Waals surface area contributed by atoms with Crippen LogP contribution >= 0.6 is 0 Å². The van der Waals surface area contributed by atoms with Crippen LogP contribution in [-0.2, 0) is 0 Å². The minimum atomic E-state index is 0.294. The molecule has 1 heterocycles. The van der Waals surface area contributed by atoms with E-state index in [4.69, 9.17) is 15.2 Å². The van der Waals surface area contributed by atoms with Crippen molar-refractivity contribution in [3.05, 3.63) is 23.8 Å². The van der Waals surface area contributed by atoms with Crippen LogP contribution in [0.1, 0.15) is 38.3 Å². The van der Waals surface area contributed by atoms with Crippen LogP contribution < -0.4 is 15.2 Å². The van der Waals surface area contributed by atoms with E-state index >= 15 is 0 Å². The smallest absolute Gasteiger partial charge is 0.127 e. The van der Waals surface area contributed by atoms with Crippen LogP contribution in [0.5, 0.6) is 11.5 Å². The van der Waals surface area contributed by atoms with Gasteiger partial charge in [0.25, 0.3) is 0 Å². The molecule has 1 aromatic rings. The van der Waals surface area contributed by atoms with E-state index in [2.05, 4.69) is 24.8 Å². The lowest BCUT2D eigenvalue weighted by Crippen LogP contribution is -2.49. The molecule has 21 heavy (non-hydrogen) atoms. The maximum Gasteiger partial charge on any atom is 0.127 e. The zero-order valence-electron chi connectivity index (χ0n) is 13.6. The molecule has 1 saturated heterocycles. The molecule has 0 radical (unpaired) electrons. The van der Waals surface area contributed by atoms with Gasteiger partial charge in [-0.3, -0.25) is 4.90 Å². The summed E-state index contributed by atoms with van der Waals surface area (Å²) in [6.45, 7) is 6.36. The van der Waals surface area contributed by atoms with Crippen molar-refractivity contribution in [2.24, 2.45) is 11.7 Å². The number of methoxy groups -OCH3 is 2. The third-order valence-electron chi connectivity index (χ3n) is 4.79. The summed E-state index contributed by atoms with van der Waals surface area (Å²) in [5.41, 5.74) is 7.22. The minimum absolute atomic E-state index is 0.294. The predicted molar refractivity (Wildman–Crippen MR) is 85.9 cm³/mol. The van der Waals surface area contributed by atoms with E-state index in [1.54, 1.807) is 14.2 Å². The highest BCUT2D eigenvalue weighted by Crippen LogP contribution is 2.36. The summed E-state index contributed by atoms with van der Waals surface area (Å²) in [5, 5.41) is 0. The molecule has 118 valence electrons. The van der Waals surface area contributed by atoms with Crippen molar-refractivity contribution >= 4 is 0 Å². The number of likely N-dealkylation sites (tertiary alicyclic amines) is 1. The third kappa shape index (κ3) is 3.33. The first-order valence-corrected chi connectivity index (χ1v) is 7.80. The van der Waals surface area contributed by atoms with Gasteiger partial charge in [-0.25, -0.2) is 0 Å². The summed E-state index contributed by atoms with van der Waals surface area (Å²) >= 11 is 0. The Morgan fingerprint density at radius 2 is 2.10 bits per heavy atom. The van der Waals surface area contributed by atoms with Gasteiger partial charge in [-0.05, 0) is 38.3 Å². The molecule has 1 aromatic carbocycles. The Labute approximate surface area is 128 Å². The standard InChI is InChI=1S/C17H28N2O2/c1-12-6-5-9-19(16(12)11-18)13(2)15-8-7-14(20-3)10-17(15)21-4/h7-8,10,12-13,16H,5-6,9,11,18H2,1-4H3. The maximum atomic E-state index is 6.02. The van der Waals surface area contributed by atoms with Crippen LogP contribution in [0.3, 0.4) is 0 Å². The Bertz CT molecular complexity index is 464. The molecule has 4 heteroatoms. The Morgan fingerprint density at radius 3 is 2.71 bits per heavy atom. The lowest BCUT2D eigenvalue weighted by molar-refractivity contribution is 0.0679. The second-order valence-electron chi connectivity index (χ2n) is 5.94. The quantitative estimate of drug-likeness (QED) is 0.906. The van der Waals surface area contributed by atoms with Gasteiger partial charge < -0.3 is 15.2 Å². The van der Waals surface area contributed by atoms with Gasteiger partial charge >= 0.3 is 0 Å². The molecule has 0 aliphatic carbocycles. The molecule has 1 aliphatic heterocycles. The van der Waals surface area contributed by atoms with Gasteiger partial charge in [0.15, 0.2) is 0 Å². The van der Waals surface area contributed by atoms with Crippen molar-refractivity contribution in [3.8, 4) is 11.5 Å². The molecular formula is C17H28N2O2. The Morgan fingerprint density at radius 1 is 1.33 bits per heavy atom. The van der Waals surface area contributed by atoms with Crippen molar-refractivity contribution in [3.63, 3.8) is 0 Å². The van der Waals surface area contributed by atoms with Crippen LogP contribution in [-0.4, -0.2) is 38.3 Å². The molecule has 0 spiro atoms. The topological polar surface area (TPSA) is 47.7 Å². The molecule has 0 saturated carbocycles. The lowest BCUT2D eigenvalue weighted by Gasteiger charge is -2.43. The number of hydrogen-bond acceptors (Lipinski definition) is 4. The fourth-order valence-electron chi connectivity index (χ4n) is 3.47. The van der Waals surface area contributed by atoms with E-state index in [0.717, 1.165) is 18.0 Å². The molecule has 3 atom stereocenters. The lowest BCUT2D eigenvalue weighted by atomic mass is 9.88. The van der Waals surface area contributed by atoms with Crippen molar-refractivity contribution in [2.75, 3.05) is 27.3 Å². The van der Waals surface area contributed by atoms with Crippen LogP contribution in [0.2, 0.25) is 0 Å². The first kappa shape index (κ1) is 16.1. The summed E-state index contributed by atoms with van der Waals surface area (Å²) < 4.78 is 10.8. The number of hydrogen-bond donors (Lipinski definition) is 1. The molecule has 2 rings (SSSR count). The van der Waals surface area contributed by atoms with Crippen LogP contribution in [0.15, 0.2) is 18.2 Å². The largest absolute Gasteiger partial charge is 0.497 e. The van der Waals surface area contributed by atoms with Gasteiger partial charge in [0, 0.05) is 30.3 Å². The highest BCUT2D eigenvalue weighted by Gasteiger charge is 2.32. The molecule has 3 unspecified atom stereocenters. The van der Waals surface area contributed by atoms with E-state index in [1.165, 1.54) is 18.4 Å². The fraction of sp³-hybridized carbons (Fsp3) is 0.647. The fourth-order valence-corrected chi connectivity index (χ4v) is 3.47. The normalized spacial score (nSPS) is 24.6. The average Bonchev–Trinajstić information content (AvgIpc) is 2.53. The van der Waals surface area contributed by atoms with Gasteiger partial charge in [-0.2, -0.15) is 0 Å². The number of nitrogens with two attached hydrogens (primary N) is 1. The molecule has 0 aromatic heterocycles. The van der Waals surface area contributed by atoms with E-state index in [0.29, 0.717) is 24.5 Å². The highest BCUT2D eigenvalue weighted by atomic mass is 16.5. The summed E-state index contributed by atoms with van der Waals surface area (Å²) in [7, 11) is 3.39. The first-order chi connectivity index (χ1) is 10.1. The van der Waals surface area contributed by atoms with Crippen LogP contribution in [0.25, 0.3) is 0 Å². The Kier molecular flexibility index (Phi) is 5.48. The van der Waals surface area contributed by atoms with Gasteiger partial charge in [0.1, 0.15) is 11.5 Å². The number of rotatable bonds is 5. The third-order valence-corrected chi connectivity index (χ3v) is 4.79. The first-order valence-electron chi connectivity index (χ1n) is 7.80. The number of ether oxygens (including phenoxy) is 2. The Balaban J connectivity index is 2.27. The molecule has 1 fully saturated rings. The number of benzene rings is 1. The van der Waals surface area contributed by atoms with Crippen molar-refractivity contribution < 1.29 is 9.47 Å². The van der Waals surface area contributed by atoms with E-state index < -0.39 is 0 Å². The summed E-state index contributed by atoms with van der Waals surface area (Å²) in [6, 6.07) is 6.80. The molecule has 4 nitrogen and oxygen atoms in total. The summed E-state index contributed by atoms with van der Waals surface area (Å²) in [6.07, 6.45) is 2.51. The van der Waals surface area contributed by atoms with Crippen LogP contribution in [0, 0.1) is 5.92 Å². The zero-order chi connectivity index (χ0) is 15.4. The molecule has 2 N–H and O–H groups in total. The Hall–Kier alpha value is -1.26. The highest BCUT2D eigenvalue weighted by molar-refractivity contribution is 5.42. The molecule has 1 aliphatic rings. The van der Waals surface area contributed by atoms with Crippen molar-refractivity contribution in [1.82, 2.24) is 4.90 Å². The second-order valence-corrected chi connectivity index (χ2v) is 5.94. The van der Waals surface area contributed by atoms with E-state index in [9.17, 15) is 0 Å². The minimum Gasteiger partial charge on any atom is -0.497 e. The average molecular weight is 292 g/mol. The summed E-state index contributed by atoms with van der Waals surface area (Å²) in [5.74, 6) is 2.36. The monoisotopic (exact) mass is 292 g/mol. The van der Waals surface area contributed by atoms with Gasteiger partial charge in [-0.15, -0.1) is 0 Å². The molecule has 0 bridgehead atoms. The predicted octanol–water partition coefficient (Wildman–Crippen LogP) is 2.82. The molecule has 0 amide bonds.